The van der Waals surface area contributed by atoms with Crippen LogP contribution in [0.5, 0.6) is 0 Å². The molecule has 0 spiro atoms. The van der Waals surface area contributed by atoms with Crippen LogP contribution in [0.1, 0.15) is 28.4 Å². The van der Waals surface area contributed by atoms with Gasteiger partial charge in [-0.25, -0.2) is 9.37 Å². The van der Waals surface area contributed by atoms with Gasteiger partial charge in [0.1, 0.15) is 22.8 Å². The zero-order valence-electron chi connectivity index (χ0n) is 18.6. The standard InChI is InChI=1S/C26H24FN5O2/c1-2-32-25-21(13-20(14-29-25)30-19-11-15-5-3-4-6-16(15)12-19)23(33)22(24(28)34)26(32)31-18-9-7-17(27)8-10-18/h3-10,13-14,19,30-31H,2,11-12H2,1H3,(H2,28,34). The van der Waals surface area contributed by atoms with E-state index in [-0.39, 0.29) is 23.2 Å². The van der Waals surface area contributed by atoms with E-state index in [2.05, 4.69) is 27.8 Å². The van der Waals surface area contributed by atoms with Crippen LogP contribution in [0.4, 0.5) is 21.6 Å². The average molecular weight is 458 g/mol. The number of halogens is 1. The molecule has 0 saturated carbocycles. The van der Waals surface area contributed by atoms with E-state index in [1.54, 1.807) is 16.8 Å². The van der Waals surface area contributed by atoms with E-state index >= 15 is 0 Å². The molecule has 0 aliphatic heterocycles. The maximum Gasteiger partial charge on any atom is 0.256 e. The lowest BCUT2D eigenvalue weighted by molar-refractivity contribution is 0.0999. The van der Waals surface area contributed by atoms with Gasteiger partial charge in [0.05, 0.1) is 17.3 Å². The van der Waals surface area contributed by atoms with Crippen molar-refractivity contribution in [3.63, 3.8) is 0 Å². The van der Waals surface area contributed by atoms with Crippen molar-refractivity contribution in [3.05, 3.63) is 93.5 Å². The van der Waals surface area contributed by atoms with E-state index in [9.17, 15) is 14.0 Å². The number of nitrogens with zero attached hydrogens (tertiary/aromatic N) is 2. The van der Waals surface area contributed by atoms with Crippen molar-refractivity contribution in [1.29, 1.82) is 0 Å². The van der Waals surface area contributed by atoms with E-state index in [0.29, 0.717) is 29.0 Å². The summed E-state index contributed by atoms with van der Waals surface area (Å²) in [5.41, 5.74) is 9.27. The molecule has 0 unspecified atom stereocenters. The number of carbonyl (C=O) groups is 1. The predicted octanol–water partition coefficient (Wildman–Crippen LogP) is 3.98. The Kier molecular flexibility index (Phi) is 5.49. The molecular formula is C26H24FN5O2. The number of rotatable bonds is 6. The number of pyridine rings is 2. The highest BCUT2D eigenvalue weighted by Crippen LogP contribution is 2.27. The summed E-state index contributed by atoms with van der Waals surface area (Å²) in [5, 5.41) is 6.84. The molecule has 0 bridgehead atoms. The summed E-state index contributed by atoms with van der Waals surface area (Å²) in [6, 6.07) is 15.9. The van der Waals surface area contributed by atoms with E-state index in [1.807, 2.05) is 19.1 Å². The smallest absolute Gasteiger partial charge is 0.256 e. The number of nitrogens with one attached hydrogen (secondary N) is 2. The van der Waals surface area contributed by atoms with Gasteiger partial charge in [-0.15, -0.1) is 0 Å². The summed E-state index contributed by atoms with van der Waals surface area (Å²) >= 11 is 0. The minimum absolute atomic E-state index is 0.161. The summed E-state index contributed by atoms with van der Waals surface area (Å²) < 4.78 is 15.1. The maximum atomic E-state index is 13.4. The Balaban J connectivity index is 1.56. The normalized spacial score (nSPS) is 13.1. The number of hydrogen-bond donors (Lipinski definition) is 3. The second-order valence-corrected chi connectivity index (χ2v) is 8.41. The zero-order valence-corrected chi connectivity index (χ0v) is 18.6. The molecule has 34 heavy (non-hydrogen) atoms. The average Bonchev–Trinajstić information content (AvgIpc) is 3.23. The van der Waals surface area contributed by atoms with Crippen LogP contribution in [-0.4, -0.2) is 21.5 Å². The molecule has 1 aliphatic rings. The molecule has 5 rings (SSSR count). The molecule has 0 atom stereocenters. The fourth-order valence-electron chi connectivity index (χ4n) is 4.63. The molecule has 0 radical (unpaired) electrons. The van der Waals surface area contributed by atoms with Crippen LogP contribution in [0.25, 0.3) is 11.0 Å². The van der Waals surface area contributed by atoms with Crippen LogP contribution in [-0.2, 0) is 19.4 Å². The van der Waals surface area contributed by atoms with Crippen molar-refractivity contribution in [1.82, 2.24) is 9.55 Å². The molecule has 1 amide bonds. The first-order valence-corrected chi connectivity index (χ1v) is 11.2. The van der Waals surface area contributed by atoms with Crippen molar-refractivity contribution < 1.29 is 9.18 Å². The molecule has 2 aromatic heterocycles. The van der Waals surface area contributed by atoms with Crippen molar-refractivity contribution in [2.45, 2.75) is 32.4 Å². The minimum atomic E-state index is -0.844. The van der Waals surface area contributed by atoms with Gasteiger partial charge in [0.2, 0.25) is 5.43 Å². The Morgan fingerprint density at radius 3 is 2.41 bits per heavy atom. The number of primary amides is 1. The van der Waals surface area contributed by atoms with Crippen LogP contribution in [0.2, 0.25) is 0 Å². The Morgan fingerprint density at radius 1 is 1.12 bits per heavy atom. The van der Waals surface area contributed by atoms with Crippen molar-refractivity contribution in [3.8, 4) is 0 Å². The number of anilines is 3. The van der Waals surface area contributed by atoms with Crippen LogP contribution in [0.15, 0.2) is 65.6 Å². The molecule has 2 heterocycles. The van der Waals surface area contributed by atoms with Gasteiger partial charge in [-0.1, -0.05) is 24.3 Å². The van der Waals surface area contributed by atoms with Crippen LogP contribution in [0.3, 0.4) is 0 Å². The van der Waals surface area contributed by atoms with Gasteiger partial charge in [-0.2, -0.15) is 0 Å². The van der Waals surface area contributed by atoms with E-state index in [0.717, 1.165) is 12.8 Å². The number of amides is 1. The molecule has 0 saturated heterocycles. The molecule has 2 aromatic carbocycles. The second-order valence-electron chi connectivity index (χ2n) is 8.41. The third-order valence-electron chi connectivity index (χ3n) is 6.19. The van der Waals surface area contributed by atoms with Gasteiger partial charge in [0, 0.05) is 18.3 Å². The Hall–Kier alpha value is -4.20. The SMILES string of the molecule is CCn1c(Nc2ccc(F)cc2)c(C(N)=O)c(=O)c2cc(NC3Cc4ccccc4C3)cnc21. The summed E-state index contributed by atoms with van der Waals surface area (Å²) in [6.07, 6.45) is 3.48. The molecule has 4 N–H and O–H groups in total. The number of benzene rings is 2. The Labute approximate surface area is 195 Å². The fraction of sp³-hybridized carbons (Fsp3) is 0.192. The number of carbonyl (C=O) groups excluding carboxylic acids is 1. The highest BCUT2D eigenvalue weighted by Gasteiger charge is 2.24. The number of aryl methyl sites for hydroxylation is 1. The Morgan fingerprint density at radius 2 is 1.79 bits per heavy atom. The summed E-state index contributed by atoms with van der Waals surface area (Å²) in [6.45, 7) is 2.31. The van der Waals surface area contributed by atoms with Crippen LogP contribution < -0.4 is 21.8 Å². The molecule has 4 aromatic rings. The molecule has 8 heteroatoms. The number of hydrogen-bond acceptors (Lipinski definition) is 5. The number of aromatic nitrogens is 2. The lowest BCUT2D eigenvalue weighted by atomic mass is 10.1. The first kappa shape index (κ1) is 21.6. The molecule has 0 fully saturated rings. The van der Waals surface area contributed by atoms with E-state index < -0.39 is 11.3 Å². The highest BCUT2D eigenvalue weighted by molar-refractivity contribution is 6.02. The van der Waals surface area contributed by atoms with E-state index in [4.69, 9.17) is 5.73 Å². The fourth-order valence-corrected chi connectivity index (χ4v) is 4.63. The monoisotopic (exact) mass is 457 g/mol. The lowest BCUT2D eigenvalue weighted by Gasteiger charge is -2.20. The van der Waals surface area contributed by atoms with Crippen molar-refractivity contribution >= 4 is 34.1 Å². The molecular weight excluding hydrogens is 433 g/mol. The van der Waals surface area contributed by atoms with Gasteiger partial charge >= 0.3 is 0 Å². The Bertz CT molecular complexity index is 1440. The first-order valence-electron chi connectivity index (χ1n) is 11.2. The van der Waals surface area contributed by atoms with Crippen molar-refractivity contribution in [2.24, 2.45) is 5.73 Å². The quantitative estimate of drug-likeness (QED) is 0.407. The van der Waals surface area contributed by atoms with Crippen LogP contribution >= 0.6 is 0 Å². The zero-order chi connectivity index (χ0) is 23.8. The van der Waals surface area contributed by atoms with E-state index in [1.165, 1.54) is 35.4 Å². The van der Waals surface area contributed by atoms with Crippen LogP contribution in [0, 0.1) is 5.82 Å². The number of fused-ring (bicyclic) bond motifs is 2. The molecule has 7 nitrogen and oxygen atoms in total. The van der Waals surface area contributed by atoms with Gasteiger partial charge in [-0.05, 0) is 61.2 Å². The van der Waals surface area contributed by atoms with Gasteiger partial charge in [0.25, 0.3) is 5.91 Å². The third kappa shape index (κ3) is 3.87. The van der Waals surface area contributed by atoms with Crippen molar-refractivity contribution in [2.75, 3.05) is 10.6 Å². The maximum absolute atomic E-state index is 13.4. The second kappa shape index (κ2) is 8.62. The first-order chi connectivity index (χ1) is 16.4. The topological polar surface area (TPSA) is 102 Å². The molecule has 172 valence electrons. The predicted molar refractivity (Wildman–Crippen MR) is 131 cm³/mol. The molecule has 1 aliphatic carbocycles. The summed E-state index contributed by atoms with van der Waals surface area (Å²) in [7, 11) is 0. The summed E-state index contributed by atoms with van der Waals surface area (Å²) in [4.78, 5) is 30.3. The lowest BCUT2D eigenvalue weighted by Crippen LogP contribution is -2.28. The largest absolute Gasteiger partial charge is 0.380 e. The van der Waals surface area contributed by atoms with Gasteiger partial charge < -0.3 is 20.9 Å². The summed E-state index contributed by atoms with van der Waals surface area (Å²) in [5.74, 6) is -0.999. The minimum Gasteiger partial charge on any atom is -0.380 e. The highest BCUT2D eigenvalue weighted by atomic mass is 19.1. The van der Waals surface area contributed by atoms with Gasteiger partial charge in [0.15, 0.2) is 0 Å². The van der Waals surface area contributed by atoms with Gasteiger partial charge in [-0.3, -0.25) is 9.59 Å². The number of nitrogens with two attached hydrogens (primary N) is 1. The third-order valence-corrected chi connectivity index (χ3v) is 6.19.